The zero-order valence-electron chi connectivity index (χ0n) is 13.9. The number of nitrogens with one attached hydrogen (secondary N) is 1. The molecule has 0 bridgehead atoms. The fraction of sp³-hybridized carbons (Fsp3) is 0.579. The maximum Gasteiger partial charge on any atom is 0.305 e. The quantitative estimate of drug-likeness (QED) is 0.836. The summed E-state index contributed by atoms with van der Waals surface area (Å²) in [6, 6.07) is 7.20. The third-order valence-corrected chi connectivity index (χ3v) is 5.13. The van der Waals surface area contributed by atoms with Crippen molar-refractivity contribution in [1.29, 1.82) is 0 Å². The Hall–Kier alpha value is -2.04. The zero-order chi connectivity index (χ0) is 17.0. The standard InChI is InChI=1S/C19H25NO4/c21-17(22)13-19(10-3-4-11-19)20-18(23)14-6-5-9-16(12-14)24-15-7-1-2-8-15/h5-6,9,12,15H,1-4,7-8,10-11,13H2,(H,20,23)(H,21,22). The Labute approximate surface area is 142 Å². The van der Waals surface area contributed by atoms with Crippen LogP contribution >= 0.6 is 0 Å². The van der Waals surface area contributed by atoms with Gasteiger partial charge in [0.05, 0.1) is 18.1 Å². The van der Waals surface area contributed by atoms with Crippen LogP contribution in [0.1, 0.15) is 68.1 Å². The smallest absolute Gasteiger partial charge is 0.305 e. The molecule has 1 aromatic rings. The van der Waals surface area contributed by atoms with Crippen molar-refractivity contribution < 1.29 is 19.4 Å². The van der Waals surface area contributed by atoms with Crippen LogP contribution in [0.2, 0.25) is 0 Å². The lowest BCUT2D eigenvalue weighted by Gasteiger charge is -2.28. The highest BCUT2D eigenvalue weighted by Gasteiger charge is 2.37. The van der Waals surface area contributed by atoms with Crippen molar-refractivity contribution in [2.75, 3.05) is 0 Å². The van der Waals surface area contributed by atoms with Crippen LogP contribution < -0.4 is 10.1 Å². The molecule has 2 N–H and O–H groups in total. The molecule has 2 aliphatic rings. The molecule has 0 aliphatic heterocycles. The van der Waals surface area contributed by atoms with Crippen LogP contribution in [0.3, 0.4) is 0 Å². The number of amides is 1. The van der Waals surface area contributed by atoms with Crippen molar-refractivity contribution in [3.8, 4) is 5.75 Å². The third-order valence-electron chi connectivity index (χ3n) is 5.13. The number of carboxylic acid groups (broad SMARTS) is 1. The first-order chi connectivity index (χ1) is 11.6. The molecule has 2 saturated carbocycles. The van der Waals surface area contributed by atoms with Gasteiger partial charge < -0.3 is 15.2 Å². The summed E-state index contributed by atoms with van der Waals surface area (Å²) >= 11 is 0. The van der Waals surface area contributed by atoms with Gasteiger partial charge in [-0.3, -0.25) is 9.59 Å². The molecule has 0 atom stereocenters. The highest BCUT2D eigenvalue weighted by Crippen LogP contribution is 2.33. The molecule has 24 heavy (non-hydrogen) atoms. The van der Waals surface area contributed by atoms with Gasteiger partial charge in [-0.2, -0.15) is 0 Å². The Morgan fingerprint density at radius 1 is 1.17 bits per heavy atom. The summed E-state index contributed by atoms with van der Waals surface area (Å²) < 4.78 is 5.95. The first-order valence-corrected chi connectivity index (χ1v) is 8.87. The summed E-state index contributed by atoms with van der Waals surface area (Å²) in [5.74, 6) is -0.362. The summed E-state index contributed by atoms with van der Waals surface area (Å²) in [5.41, 5.74) is -0.0761. The van der Waals surface area contributed by atoms with Crippen LogP contribution in [-0.4, -0.2) is 28.6 Å². The van der Waals surface area contributed by atoms with Crippen molar-refractivity contribution in [2.45, 2.75) is 69.4 Å². The molecule has 5 nitrogen and oxygen atoms in total. The van der Waals surface area contributed by atoms with E-state index in [1.807, 2.05) is 12.1 Å². The molecule has 0 saturated heterocycles. The van der Waals surface area contributed by atoms with Crippen molar-refractivity contribution in [1.82, 2.24) is 5.32 Å². The number of aliphatic carboxylic acids is 1. The minimum absolute atomic E-state index is 0.0169. The number of benzene rings is 1. The van der Waals surface area contributed by atoms with E-state index in [4.69, 9.17) is 9.84 Å². The second kappa shape index (κ2) is 7.24. The molecule has 2 aliphatic carbocycles. The van der Waals surface area contributed by atoms with Gasteiger partial charge in [-0.05, 0) is 56.7 Å². The van der Waals surface area contributed by atoms with Gasteiger partial charge in [0.2, 0.25) is 0 Å². The topological polar surface area (TPSA) is 75.6 Å². The Balaban J connectivity index is 1.68. The fourth-order valence-corrected chi connectivity index (χ4v) is 3.91. The summed E-state index contributed by atoms with van der Waals surface area (Å²) in [5, 5.41) is 12.1. The minimum Gasteiger partial charge on any atom is -0.490 e. The third kappa shape index (κ3) is 4.08. The Kier molecular flexibility index (Phi) is 5.07. The summed E-state index contributed by atoms with van der Waals surface area (Å²) in [6.45, 7) is 0. The molecule has 0 unspecified atom stereocenters. The second-order valence-electron chi connectivity index (χ2n) is 7.06. The van der Waals surface area contributed by atoms with Crippen molar-refractivity contribution in [3.05, 3.63) is 29.8 Å². The molecule has 0 radical (unpaired) electrons. The number of rotatable bonds is 6. The average Bonchev–Trinajstić information content (AvgIpc) is 3.19. The van der Waals surface area contributed by atoms with Crippen LogP contribution in [0.5, 0.6) is 5.75 Å². The number of carbonyl (C=O) groups is 2. The summed E-state index contributed by atoms with van der Waals surface area (Å²) in [6.07, 6.45) is 8.12. The predicted molar refractivity (Wildman–Crippen MR) is 90.2 cm³/mol. The molecule has 1 amide bonds. The van der Waals surface area contributed by atoms with Crippen LogP contribution in [0.15, 0.2) is 24.3 Å². The summed E-state index contributed by atoms with van der Waals surface area (Å²) in [7, 11) is 0. The van der Waals surface area contributed by atoms with Crippen molar-refractivity contribution >= 4 is 11.9 Å². The summed E-state index contributed by atoms with van der Waals surface area (Å²) in [4.78, 5) is 23.8. The maximum atomic E-state index is 12.6. The van der Waals surface area contributed by atoms with Crippen LogP contribution in [0.4, 0.5) is 0 Å². The molecule has 1 aromatic carbocycles. The van der Waals surface area contributed by atoms with Crippen LogP contribution in [-0.2, 0) is 4.79 Å². The van der Waals surface area contributed by atoms with Gasteiger partial charge in [-0.15, -0.1) is 0 Å². The van der Waals surface area contributed by atoms with E-state index in [0.717, 1.165) is 38.5 Å². The normalized spacial score (nSPS) is 20.0. The first-order valence-electron chi connectivity index (χ1n) is 8.87. The predicted octanol–water partition coefficient (Wildman–Crippen LogP) is 3.53. The van der Waals surface area contributed by atoms with E-state index in [2.05, 4.69) is 5.32 Å². The lowest BCUT2D eigenvalue weighted by Crippen LogP contribution is -2.47. The number of carboxylic acids is 1. The van der Waals surface area contributed by atoms with E-state index in [1.54, 1.807) is 12.1 Å². The van der Waals surface area contributed by atoms with Gasteiger partial charge in [-0.25, -0.2) is 0 Å². The first kappa shape index (κ1) is 16.8. The maximum absolute atomic E-state index is 12.6. The van der Waals surface area contributed by atoms with Crippen molar-refractivity contribution in [2.24, 2.45) is 0 Å². The fourth-order valence-electron chi connectivity index (χ4n) is 3.91. The van der Waals surface area contributed by atoms with E-state index >= 15 is 0 Å². The van der Waals surface area contributed by atoms with E-state index in [1.165, 1.54) is 12.8 Å². The Morgan fingerprint density at radius 2 is 1.88 bits per heavy atom. The number of hydrogen-bond donors (Lipinski definition) is 2. The van der Waals surface area contributed by atoms with Gasteiger partial charge in [0.25, 0.3) is 5.91 Å². The van der Waals surface area contributed by atoms with E-state index in [-0.39, 0.29) is 18.4 Å². The molecule has 130 valence electrons. The second-order valence-corrected chi connectivity index (χ2v) is 7.06. The SMILES string of the molecule is O=C(O)CC1(NC(=O)c2cccc(OC3CCCC3)c2)CCCC1. The number of ether oxygens (including phenoxy) is 1. The highest BCUT2D eigenvalue weighted by atomic mass is 16.5. The Bertz CT molecular complexity index is 601. The minimum atomic E-state index is -0.865. The molecular weight excluding hydrogens is 306 g/mol. The molecule has 0 heterocycles. The monoisotopic (exact) mass is 331 g/mol. The number of carbonyl (C=O) groups excluding carboxylic acids is 1. The van der Waals surface area contributed by atoms with Gasteiger partial charge in [0, 0.05) is 5.56 Å². The van der Waals surface area contributed by atoms with Crippen molar-refractivity contribution in [3.63, 3.8) is 0 Å². The lowest BCUT2D eigenvalue weighted by atomic mass is 9.92. The zero-order valence-corrected chi connectivity index (χ0v) is 13.9. The molecule has 2 fully saturated rings. The molecule has 0 spiro atoms. The van der Waals surface area contributed by atoms with Crippen LogP contribution in [0.25, 0.3) is 0 Å². The van der Waals surface area contributed by atoms with Gasteiger partial charge >= 0.3 is 5.97 Å². The molecular formula is C19H25NO4. The van der Waals surface area contributed by atoms with Gasteiger partial charge in [0.1, 0.15) is 5.75 Å². The largest absolute Gasteiger partial charge is 0.490 e. The molecule has 5 heteroatoms. The van der Waals surface area contributed by atoms with E-state index in [0.29, 0.717) is 11.3 Å². The average molecular weight is 331 g/mol. The lowest BCUT2D eigenvalue weighted by molar-refractivity contribution is -0.138. The van der Waals surface area contributed by atoms with Gasteiger partial charge in [-0.1, -0.05) is 18.9 Å². The Morgan fingerprint density at radius 3 is 2.54 bits per heavy atom. The van der Waals surface area contributed by atoms with E-state index in [9.17, 15) is 9.59 Å². The molecule has 0 aromatic heterocycles. The molecule has 3 rings (SSSR count). The number of hydrogen-bond acceptors (Lipinski definition) is 3. The van der Waals surface area contributed by atoms with Crippen LogP contribution in [0, 0.1) is 0 Å². The van der Waals surface area contributed by atoms with E-state index < -0.39 is 11.5 Å². The van der Waals surface area contributed by atoms with Gasteiger partial charge in [0.15, 0.2) is 0 Å². The highest BCUT2D eigenvalue weighted by molar-refractivity contribution is 5.95.